The van der Waals surface area contributed by atoms with Crippen molar-refractivity contribution in [1.82, 2.24) is 5.32 Å². The Morgan fingerprint density at radius 2 is 1.19 bits per heavy atom. The molecule has 0 aliphatic carbocycles. The monoisotopic (exact) mass is 290 g/mol. The first-order chi connectivity index (χ1) is 10.3. The van der Waals surface area contributed by atoms with Crippen LogP contribution in [0.1, 0.15) is 104 Å². The van der Waals surface area contributed by atoms with Gasteiger partial charge in [-0.1, -0.05) is 84.0 Å². The third kappa shape index (κ3) is 9.77. The van der Waals surface area contributed by atoms with Crippen LogP contribution in [0.4, 0.5) is 0 Å². The van der Waals surface area contributed by atoms with Gasteiger partial charge in [-0.3, -0.25) is 5.32 Å². The van der Waals surface area contributed by atoms with Gasteiger partial charge in [0.05, 0.1) is 0 Å². The molecule has 0 aromatic heterocycles. The molecule has 0 N–H and O–H groups in total. The summed E-state index contributed by atoms with van der Waals surface area (Å²) in [6.45, 7) is 4.41. The number of nitrogens with zero attached hydrogens (tertiary/aromatic N) is 1. The Kier molecular flexibility index (Phi) is 11.3. The van der Waals surface area contributed by atoms with Crippen LogP contribution in [-0.2, 0) is 0 Å². The standard InChI is InChI=1S/C20H36N/c1-3-4-5-6-7-8-9-10-11-12-13-14-15-16-20-17-18-21-19(20)2/h17-18H,3-16H2,1-2H3. The molecular formula is C20H36N. The highest BCUT2D eigenvalue weighted by molar-refractivity contribution is 5.29. The molecule has 0 fully saturated rings. The van der Waals surface area contributed by atoms with Crippen molar-refractivity contribution >= 4 is 0 Å². The summed E-state index contributed by atoms with van der Waals surface area (Å²) in [4.78, 5) is 0. The third-order valence-corrected chi connectivity index (χ3v) is 4.56. The number of hydrogen-bond donors (Lipinski definition) is 0. The first-order valence-corrected chi connectivity index (χ1v) is 9.41. The Morgan fingerprint density at radius 1 is 0.714 bits per heavy atom. The smallest absolute Gasteiger partial charge is 0.0405 e. The van der Waals surface area contributed by atoms with Crippen molar-refractivity contribution in [2.24, 2.45) is 0 Å². The van der Waals surface area contributed by atoms with Crippen molar-refractivity contribution in [3.05, 3.63) is 23.5 Å². The molecule has 0 atom stereocenters. The van der Waals surface area contributed by atoms with E-state index in [0.717, 1.165) is 0 Å². The summed E-state index contributed by atoms with van der Waals surface area (Å²) in [5.41, 5.74) is 2.69. The predicted octanol–water partition coefficient (Wildman–Crippen LogP) is 6.87. The van der Waals surface area contributed by atoms with Gasteiger partial charge in [0.1, 0.15) is 0 Å². The second kappa shape index (κ2) is 13.0. The zero-order valence-corrected chi connectivity index (χ0v) is 14.5. The van der Waals surface area contributed by atoms with Crippen LogP contribution >= 0.6 is 0 Å². The summed E-state index contributed by atoms with van der Waals surface area (Å²) in [7, 11) is 0. The number of hydrogen-bond acceptors (Lipinski definition) is 0. The highest BCUT2D eigenvalue weighted by atomic mass is 14.9. The van der Waals surface area contributed by atoms with Gasteiger partial charge in [0.2, 0.25) is 0 Å². The van der Waals surface area contributed by atoms with Crippen molar-refractivity contribution in [2.45, 2.75) is 104 Å². The maximum absolute atomic E-state index is 4.30. The third-order valence-electron chi connectivity index (χ3n) is 4.56. The lowest BCUT2D eigenvalue weighted by molar-refractivity contribution is 0.539. The van der Waals surface area contributed by atoms with E-state index < -0.39 is 0 Å². The number of rotatable bonds is 14. The van der Waals surface area contributed by atoms with Crippen LogP contribution in [0.3, 0.4) is 0 Å². The molecule has 1 nitrogen and oxygen atoms in total. The second-order valence-corrected chi connectivity index (χ2v) is 6.55. The van der Waals surface area contributed by atoms with Gasteiger partial charge in [-0.15, -0.1) is 0 Å². The van der Waals surface area contributed by atoms with E-state index in [4.69, 9.17) is 0 Å². The van der Waals surface area contributed by atoms with Gasteiger partial charge in [-0.05, 0) is 31.4 Å². The average molecular weight is 291 g/mol. The lowest BCUT2D eigenvalue weighted by atomic mass is 10.0. The van der Waals surface area contributed by atoms with E-state index in [1.165, 1.54) is 101 Å². The zero-order chi connectivity index (χ0) is 15.2. The van der Waals surface area contributed by atoms with Gasteiger partial charge >= 0.3 is 0 Å². The lowest BCUT2D eigenvalue weighted by Gasteiger charge is -2.04. The van der Waals surface area contributed by atoms with E-state index >= 15 is 0 Å². The molecule has 0 unspecified atom stereocenters. The molecule has 0 amide bonds. The van der Waals surface area contributed by atoms with Crippen LogP contribution in [-0.4, -0.2) is 0 Å². The van der Waals surface area contributed by atoms with Gasteiger partial charge in [-0.25, -0.2) is 0 Å². The molecule has 0 aromatic rings. The summed E-state index contributed by atoms with van der Waals surface area (Å²) in [6, 6.07) is 0. The summed E-state index contributed by atoms with van der Waals surface area (Å²) >= 11 is 0. The van der Waals surface area contributed by atoms with Crippen LogP contribution in [0.25, 0.3) is 0 Å². The molecule has 1 radical (unpaired) electrons. The largest absolute Gasteiger partial charge is 0.261 e. The van der Waals surface area contributed by atoms with Crippen molar-refractivity contribution in [1.29, 1.82) is 0 Å². The molecule has 1 aliphatic rings. The average Bonchev–Trinajstić information content (AvgIpc) is 2.89. The van der Waals surface area contributed by atoms with E-state index in [9.17, 15) is 0 Å². The predicted molar refractivity (Wildman–Crippen MR) is 94.3 cm³/mol. The van der Waals surface area contributed by atoms with Crippen LogP contribution in [0.15, 0.2) is 23.5 Å². The van der Waals surface area contributed by atoms with Crippen molar-refractivity contribution in [3.63, 3.8) is 0 Å². The molecule has 0 spiro atoms. The number of unbranched alkanes of at least 4 members (excludes halogenated alkanes) is 12. The zero-order valence-electron chi connectivity index (χ0n) is 14.5. The van der Waals surface area contributed by atoms with Gasteiger partial charge in [0, 0.05) is 11.9 Å². The lowest BCUT2D eigenvalue weighted by Crippen LogP contribution is -1.89. The first-order valence-electron chi connectivity index (χ1n) is 9.41. The molecule has 0 bridgehead atoms. The van der Waals surface area contributed by atoms with Crippen LogP contribution < -0.4 is 5.32 Å². The molecule has 0 aromatic carbocycles. The molecular weight excluding hydrogens is 254 g/mol. The van der Waals surface area contributed by atoms with E-state index in [-0.39, 0.29) is 0 Å². The Bertz CT molecular complexity index is 301. The maximum Gasteiger partial charge on any atom is 0.0405 e. The minimum atomic E-state index is 1.23. The Morgan fingerprint density at radius 3 is 1.62 bits per heavy atom. The van der Waals surface area contributed by atoms with E-state index in [1.54, 1.807) is 0 Å². The summed E-state index contributed by atoms with van der Waals surface area (Å²) < 4.78 is 0. The van der Waals surface area contributed by atoms with E-state index in [2.05, 4.69) is 25.2 Å². The molecule has 0 saturated heterocycles. The molecule has 0 saturated carbocycles. The van der Waals surface area contributed by atoms with Gasteiger partial charge in [-0.2, -0.15) is 0 Å². The first kappa shape index (κ1) is 18.3. The Labute approximate surface area is 133 Å². The van der Waals surface area contributed by atoms with Gasteiger partial charge in [0.15, 0.2) is 0 Å². The van der Waals surface area contributed by atoms with Gasteiger partial charge in [0.25, 0.3) is 0 Å². The SMILES string of the molecule is CCCCCCCCCCCCCCCC1=C(C)[N]C=C1. The molecule has 1 aliphatic heterocycles. The quantitative estimate of drug-likeness (QED) is 0.310. The Balaban J connectivity index is 1.75. The molecule has 1 rings (SSSR count). The molecule has 21 heavy (non-hydrogen) atoms. The highest BCUT2D eigenvalue weighted by Gasteiger charge is 2.04. The minimum Gasteiger partial charge on any atom is -0.261 e. The normalized spacial score (nSPS) is 14.0. The van der Waals surface area contributed by atoms with Crippen molar-refractivity contribution in [3.8, 4) is 0 Å². The van der Waals surface area contributed by atoms with E-state index in [0.29, 0.717) is 0 Å². The number of allylic oxidation sites excluding steroid dienone is 3. The fourth-order valence-corrected chi connectivity index (χ4v) is 3.04. The highest BCUT2D eigenvalue weighted by Crippen LogP contribution is 2.19. The van der Waals surface area contributed by atoms with Crippen molar-refractivity contribution in [2.75, 3.05) is 0 Å². The van der Waals surface area contributed by atoms with Crippen molar-refractivity contribution < 1.29 is 0 Å². The topological polar surface area (TPSA) is 14.1 Å². The molecule has 1 heterocycles. The molecule has 1 heteroatoms. The maximum atomic E-state index is 4.30. The summed E-state index contributed by atoms with van der Waals surface area (Å²) in [5.74, 6) is 0. The fourth-order valence-electron chi connectivity index (χ4n) is 3.04. The minimum absolute atomic E-state index is 1.23. The summed E-state index contributed by atoms with van der Waals surface area (Å²) in [6.07, 6.45) is 23.9. The fraction of sp³-hybridized carbons (Fsp3) is 0.800. The summed E-state index contributed by atoms with van der Waals surface area (Å²) in [5, 5.41) is 4.30. The van der Waals surface area contributed by atoms with Crippen LogP contribution in [0.2, 0.25) is 0 Å². The second-order valence-electron chi connectivity index (χ2n) is 6.55. The molecule has 121 valence electrons. The van der Waals surface area contributed by atoms with Crippen LogP contribution in [0.5, 0.6) is 0 Å². The van der Waals surface area contributed by atoms with Crippen LogP contribution in [0, 0.1) is 0 Å². The Hall–Kier alpha value is -0.720. The van der Waals surface area contributed by atoms with Gasteiger partial charge < -0.3 is 0 Å². The van der Waals surface area contributed by atoms with E-state index in [1.807, 2.05) is 6.20 Å².